The van der Waals surface area contributed by atoms with Gasteiger partial charge < -0.3 is 20.6 Å². The summed E-state index contributed by atoms with van der Waals surface area (Å²) in [6, 6.07) is 5.18. The van der Waals surface area contributed by atoms with Crippen molar-refractivity contribution in [3.8, 4) is 5.75 Å². The predicted molar refractivity (Wildman–Crippen MR) is 98.0 cm³/mol. The Hall–Kier alpha value is -3.34. The van der Waals surface area contributed by atoms with Crippen LogP contribution in [0.2, 0.25) is 0 Å². The number of carboxylic acids is 1. The summed E-state index contributed by atoms with van der Waals surface area (Å²) in [6.07, 6.45) is -0.558. The van der Waals surface area contributed by atoms with Gasteiger partial charge in [-0.05, 0) is 17.7 Å². The van der Waals surface area contributed by atoms with E-state index in [2.05, 4.69) is 10.3 Å². The maximum Gasteiger partial charge on any atom is 0.431 e. The van der Waals surface area contributed by atoms with Gasteiger partial charge in [0, 0.05) is 17.5 Å². The summed E-state index contributed by atoms with van der Waals surface area (Å²) in [7, 11) is 0. The molecule has 0 radical (unpaired) electrons. The molecule has 3 rings (SSSR count). The Morgan fingerprint density at radius 3 is 2.54 bits per heavy atom. The average Bonchev–Trinajstić information content (AvgIpc) is 2.65. The van der Waals surface area contributed by atoms with Crippen molar-refractivity contribution >= 4 is 41.9 Å². The molecule has 1 aromatic carbocycles. The Labute approximate surface area is 162 Å². The second-order valence-corrected chi connectivity index (χ2v) is 7.12. The van der Waals surface area contributed by atoms with E-state index in [9.17, 15) is 29.4 Å². The van der Waals surface area contributed by atoms with Gasteiger partial charge in [-0.2, -0.15) is 4.99 Å². The van der Waals surface area contributed by atoms with E-state index in [0.717, 1.165) is 11.1 Å². The van der Waals surface area contributed by atoms with Crippen molar-refractivity contribution < 1.29 is 34.5 Å². The molecule has 1 aromatic rings. The standard InChI is InChI=1S/C17H15N3O7S/c21-10-3-1-8(2-4-10)5-11(22)19-12-14(23)20-13(16(24)25)9(6-18-17(26)27)7-28-15(12)20/h1-4,6,12,15,21H,5,7H2,(H,19,22)(H,24,25)(H,26,27)/t12-,15-/m1/s1. The molecule has 0 unspecified atom stereocenters. The summed E-state index contributed by atoms with van der Waals surface area (Å²) >= 11 is 1.21. The lowest BCUT2D eigenvalue weighted by atomic mass is 10.0. The number of rotatable bonds is 5. The Balaban J connectivity index is 1.71. The third-order valence-corrected chi connectivity index (χ3v) is 5.45. The van der Waals surface area contributed by atoms with E-state index in [0.29, 0.717) is 5.56 Å². The van der Waals surface area contributed by atoms with Crippen LogP contribution in [0, 0.1) is 0 Å². The Bertz CT molecular complexity index is 910. The van der Waals surface area contributed by atoms with Gasteiger partial charge in [-0.25, -0.2) is 9.59 Å². The fraction of sp³-hybridized carbons (Fsp3) is 0.235. The number of β-lactam (4-membered cyclic amide) rings is 1. The van der Waals surface area contributed by atoms with E-state index in [1.807, 2.05) is 0 Å². The van der Waals surface area contributed by atoms with Gasteiger partial charge in [-0.1, -0.05) is 12.1 Å². The molecule has 4 N–H and O–H groups in total. The Kier molecular flexibility index (Phi) is 5.36. The fourth-order valence-corrected chi connectivity index (χ4v) is 4.20. The van der Waals surface area contributed by atoms with E-state index in [1.165, 1.54) is 23.9 Å². The van der Waals surface area contributed by atoms with Crippen LogP contribution >= 0.6 is 11.8 Å². The molecule has 2 aliphatic rings. The lowest BCUT2D eigenvalue weighted by Gasteiger charge is -2.49. The molecule has 1 fully saturated rings. The number of nitrogens with one attached hydrogen (secondary N) is 1. The van der Waals surface area contributed by atoms with Crippen molar-refractivity contribution in [2.24, 2.45) is 4.99 Å². The zero-order valence-electron chi connectivity index (χ0n) is 14.2. The molecule has 0 spiro atoms. The number of benzene rings is 1. The summed E-state index contributed by atoms with van der Waals surface area (Å²) in [5, 5.41) is 29.3. The number of phenols is 1. The second kappa shape index (κ2) is 7.72. The molecule has 0 saturated carbocycles. The van der Waals surface area contributed by atoms with Crippen LogP contribution in [-0.2, 0) is 20.8 Å². The third-order valence-electron chi connectivity index (χ3n) is 4.15. The molecule has 28 heavy (non-hydrogen) atoms. The van der Waals surface area contributed by atoms with E-state index >= 15 is 0 Å². The lowest BCUT2D eigenvalue weighted by molar-refractivity contribution is -0.150. The second-order valence-electron chi connectivity index (χ2n) is 6.02. The van der Waals surface area contributed by atoms with Crippen LogP contribution in [0.25, 0.3) is 0 Å². The van der Waals surface area contributed by atoms with Crippen LogP contribution in [0.1, 0.15) is 5.56 Å². The van der Waals surface area contributed by atoms with Crippen molar-refractivity contribution in [2.45, 2.75) is 17.8 Å². The summed E-state index contributed by atoms with van der Waals surface area (Å²) in [4.78, 5) is 51.0. The molecular formula is C17H15N3O7S. The molecule has 1 saturated heterocycles. The molecule has 11 heteroatoms. The summed E-state index contributed by atoms with van der Waals surface area (Å²) in [6.45, 7) is 0. The molecule has 0 aliphatic carbocycles. The van der Waals surface area contributed by atoms with Crippen LogP contribution in [0.3, 0.4) is 0 Å². The number of hydrogen-bond donors (Lipinski definition) is 4. The number of fused-ring (bicyclic) bond motifs is 1. The summed E-state index contributed by atoms with van der Waals surface area (Å²) < 4.78 is 0. The monoisotopic (exact) mass is 405 g/mol. The number of carbonyl (C=O) groups excluding carboxylic acids is 2. The highest BCUT2D eigenvalue weighted by Gasteiger charge is 2.54. The number of aliphatic imine (C=N–C) groups is 1. The highest BCUT2D eigenvalue weighted by atomic mass is 32.2. The maximum atomic E-state index is 12.4. The summed E-state index contributed by atoms with van der Waals surface area (Å²) in [5.41, 5.74) is 0.426. The number of aliphatic carboxylic acids is 1. The van der Waals surface area contributed by atoms with Gasteiger partial charge in [0.1, 0.15) is 22.9 Å². The number of hydrogen-bond acceptors (Lipinski definition) is 6. The third kappa shape index (κ3) is 3.83. The first-order chi connectivity index (χ1) is 13.3. The first-order valence-corrected chi connectivity index (χ1v) is 9.08. The topological polar surface area (TPSA) is 157 Å². The van der Waals surface area contributed by atoms with Gasteiger partial charge in [0.25, 0.3) is 5.91 Å². The molecule has 3 amide bonds. The predicted octanol–water partition coefficient (Wildman–Crippen LogP) is 0.422. The first-order valence-electron chi connectivity index (χ1n) is 8.03. The molecule has 2 atom stereocenters. The van der Waals surface area contributed by atoms with Crippen LogP contribution in [0.4, 0.5) is 4.79 Å². The minimum Gasteiger partial charge on any atom is -0.508 e. The van der Waals surface area contributed by atoms with Crippen LogP contribution in [0.15, 0.2) is 40.5 Å². The first kappa shape index (κ1) is 19.4. The number of nitrogens with zero attached hydrogens (tertiary/aromatic N) is 2. The molecule has 2 heterocycles. The fourth-order valence-electron chi connectivity index (χ4n) is 2.90. The highest BCUT2D eigenvalue weighted by Crippen LogP contribution is 2.39. The molecule has 0 aromatic heterocycles. The highest BCUT2D eigenvalue weighted by molar-refractivity contribution is 8.00. The van der Waals surface area contributed by atoms with Crippen LogP contribution < -0.4 is 5.32 Å². The van der Waals surface area contributed by atoms with Crippen LogP contribution in [-0.4, -0.2) is 67.5 Å². The summed E-state index contributed by atoms with van der Waals surface area (Å²) in [5.74, 6) is -2.17. The minimum atomic E-state index is -1.47. The quantitative estimate of drug-likeness (QED) is 0.406. The number of amides is 3. The lowest BCUT2D eigenvalue weighted by Crippen LogP contribution is -2.70. The van der Waals surface area contributed by atoms with E-state index < -0.39 is 35.3 Å². The number of carboxylic acid groups (broad SMARTS) is 2. The molecular weight excluding hydrogens is 390 g/mol. The van der Waals surface area contributed by atoms with Gasteiger partial charge in [-0.15, -0.1) is 11.8 Å². The minimum absolute atomic E-state index is 0.000404. The molecule has 0 bridgehead atoms. The van der Waals surface area contributed by atoms with Crippen molar-refractivity contribution in [1.29, 1.82) is 0 Å². The Morgan fingerprint density at radius 1 is 1.25 bits per heavy atom. The molecule has 2 aliphatic heterocycles. The van der Waals surface area contributed by atoms with Crippen molar-refractivity contribution in [1.82, 2.24) is 10.2 Å². The smallest absolute Gasteiger partial charge is 0.431 e. The maximum absolute atomic E-state index is 12.4. The largest absolute Gasteiger partial charge is 0.508 e. The van der Waals surface area contributed by atoms with Gasteiger partial charge in [0.05, 0.1) is 6.42 Å². The normalized spacial score (nSPS) is 21.3. The number of phenolic OH excluding ortho intramolecular Hbond substituents is 1. The van der Waals surface area contributed by atoms with Gasteiger partial charge >= 0.3 is 12.1 Å². The zero-order valence-corrected chi connectivity index (χ0v) is 15.0. The van der Waals surface area contributed by atoms with E-state index in [1.54, 1.807) is 12.1 Å². The molecule has 10 nitrogen and oxygen atoms in total. The number of aromatic hydroxyl groups is 1. The number of thioether (sulfide) groups is 1. The Morgan fingerprint density at radius 2 is 1.93 bits per heavy atom. The van der Waals surface area contributed by atoms with Gasteiger partial charge in [0.2, 0.25) is 5.91 Å². The van der Waals surface area contributed by atoms with Gasteiger partial charge in [-0.3, -0.25) is 14.5 Å². The van der Waals surface area contributed by atoms with Gasteiger partial charge in [0.15, 0.2) is 0 Å². The van der Waals surface area contributed by atoms with E-state index in [-0.39, 0.29) is 29.2 Å². The van der Waals surface area contributed by atoms with Crippen molar-refractivity contribution in [3.05, 3.63) is 41.1 Å². The molecule has 146 valence electrons. The van der Waals surface area contributed by atoms with E-state index in [4.69, 9.17) is 5.11 Å². The van der Waals surface area contributed by atoms with Crippen molar-refractivity contribution in [2.75, 3.05) is 5.75 Å². The SMILES string of the molecule is O=C(O)N=CC1=C(C(=O)O)N2C(=O)[C@@H](NC(=O)Cc3ccc(O)cc3)[C@H]2SC1. The number of carbonyl (C=O) groups is 4. The van der Waals surface area contributed by atoms with Crippen molar-refractivity contribution in [3.63, 3.8) is 0 Å². The van der Waals surface area contributed by atoms with Crippen LogP contribution in [0.5, 0.6) is 5.75 Å². The zero-order chi connectivity index (χ0) is 20.4. The average molecular weight is 405 g/mol.